The summed E-state index contributed by atoms with van der Waals surface area (Å²) in [4.78, 5) is 12.2. The second kappa shape index (κ2) is 7.08. The van der Waals surface area contributed by atoms with E-state index in [4.69, 9.17) is 22.7 Å². The zero-order valence-electron chi connectivity index (χ0n) is 10.6. The van der Waals surface area contributed by atoms with Crippen LogP contribution in [0.3, 0.4) is 0 Å². The van der Waals surface area contributed by atoms with Gasteiger partial charge in [-0.2, -0.15) is 0 Å². The molecule has 4 nitrogen and oxygen atoms in total. The van der Waals surface area contributed by atoms with E-state index in [-0.39, 0.29) is 10.9 Å². The first-order chi connectivity index (χ1) is 8.58. The molecule has 0 aliphatic heterocycles. The average Bonchev–Trinajstić information content (AvgIpc) is 2.30. The highest BCUT2D eigenvalue weighted by atomic mass is 32.1. The Kier molecular flexibility index (Phi) is 5.74. The topological polar surface area (TPSA) is 64.3 Å². The molecule has 1 rings (SSSR count). The van der Waals surface area contributed by atoms with Crippen molar-refractivity contribution in [3.8, 4) is 0 Å². The summed E-state index contributed by atoms with van der Waals surface area (Å²) in [6.07, 6.45) is 0.596. The van der Waals surface area contributed by atoms with Crippen LogP contribution in [0.15, 0.2) is 24.3 Å². The Balaban J connectivity index is 2.74. The van der Waals surface area contributed by atoms with Crippen molar-refractivity contribution in [2.24, 2.45) is 11.7 Å². The Morgan fingerprint density at radius 3 is 2.83 bits per heavy atom. The van der Waals surface area contributed by atoms with Gasteiger partial charge in [-0.15, -0.1) is 0 Å². The number of amides is 1. The van der Waals surface area contributed by atoms with E-state index in [2.05, 4.69) is 5.32 Å². The van der Waals surface area contributed by atoms with Gasteiger partial charge in [-0.25, -0.2) is 0 Å². The first-order valence-electron chi connectivity index (χ1n) is 5.76. The molecule has 0 spiro atoms. The van der Waals surface area contributed by atoms with E-state index in [0.717, 1.165) is 11.3 Å². The Labute approximate surface area is 113 Å². The molecular formula is C13H18N2O2S. The normalized spacial score (nSPS) is 11.9. The van der Waals surface area contributed by atoms with Crippen molar-refractivity contribution in [3.05, 3.63) is 29.8 Å². The van der Waals surface area contributed by atoms with Crippen LogP contribution in [0.1, 0.15) is 18.9 Å². The molecule has 0 aliphatic carbocycles. The standard InChI is InChI=1S/C13H18N2O2S/c1-3-11(12(14)18)13(16)15-10-6-4-5-9(7-10)8-17-2/h4-7,11H,3,8H2,1-2H3,(H2,14,18)(H,15,16). The number of rotatable bonds is 6. The molecule has 0 bridgehead atoms. The fraction of sp³-hybridized carbons (Fsp3) is 0.385. The van der Waals surface area contributed by atoms with Crippen molar-refractivity contribution in [2.75, 3.05) is 12.4 Å². The smallest absolute Gasteiger partial charge is 0.234 e. The van der Waals surface area contributed by atoms with Crippen LogP contribution in [-0.2, 0) is 16.1 Å². The molecule has 0 aromatic heterocycles. The van der Waals surface area contributed by atoms with E-state index in [0.29, 0.717) is 13.0 Å². The van der Waals surface area contributed by atoms with Crippen molar-refractivity contribution < 1.29 is 9.53 Å². The molecule has 18 heavy (non-hydrogen) atoms. The van der Waals surface area contributed by atoms with E-state index in [1.165, 1.54) is 0 Å². The van der Waals surface area contributed by atoms with E-state index in [1.807, 2.05) is 31.2 Å². The minimum Gasteiger partial charge on any atom is -0.393 e. The van der Waals surface area contributed by atoms with Crippen LogP contribution in [-0.4, -0.2) is 18.0 Å². The first kappa shape index (κ1) is 14.6. The van der Waals surface area contributed by atoms with E-state index in [1.54, 1.807) is 7.11 Å². The van der Waals surface area contributed by atoms with E-state index < -0.39 is 5.92 Å². The predicted octanol–water partition coefficient (Wildman–Crippen LogP) is 2.08. The monoisotopic (exact) mass is 266 g/mol. The summed E-state index contributed by atoms with van der Waals surface area (Å²) < 4.78 is 5.04. The van der Waals surface area contributed by atoms with Crippen LogP contribution in [0.25, 0.3) is 0 Å². The van der Waals surface area contributed by atoms with Crippen molar-refractivity contribution >= 4 is 28.8 Å². The van der Waals surface area contributed by atoms with Gasteiger partial charge in [0.05, 0.1) is 17.5 Å². The lowest BCUT2D eigenvalue weighted by molar-refractivity contribution is -0.118. The first-order valence-corrected chi connectivity index (χ1v) is 6.17. The number of hydrogen-bond donors (Lipinski definition) is 2. The lowest BCUT2D eigenvalue weighted by Gasteiger charge is -2.13. The van der Waals surface area contributed by atoms with Gasteiger partial charge in [0.2, 0.25) is 5.91 Å². The number of carbonyl (C=O) groups is 1. The number of benzene rings is 1. The van der Waals surface area contributed by atoms with Gasteiger partial charge in [-0.05, 0) is 24.1 Å². The third-order valence-electron chi connectivity index (χ3n) is 2.57. The molecule has 0 saturated carbocycles. The Bertz CT molecular complexity index is 435. The lowest BCUT2D eigenvalue weighted by Crippen LogP contribution is -2.32. The fourth-order valence-corrected chi connectivity index (χ4v) is 1.92. The summed E-state index contributed by atoms with van der Waals surface area (Å²) in [5.41, 5.74) is 7.25. The number of ether oxygens (including phenoxy) is 1. The molecule has 1 amide bonds. The number of carbonyl (C=O) groups excluding carboxylic acids is 1. The van der Waals surface area contributed by atoms with Gasteiger partial charge in [-0.1, -0.05) is 31.3 Å². The molecule has 0 heterocycles. The molecule has 0 aliphatic rings. The lowest BCUT2D eigenvalue weighted by atomic mass is 10.1. The van der Waals surface area contributed by atoms with Crippen LogP contribution in [0.2, 0.25) is 0 Å². The maximum absolute atomic E-state index is 11.9. The van der Waals surface area contributed by atoms with Gasteiger partial charge >= 0.3 is 0 Å². The van der Waals surface area contributed by atoms with Crippen molar-refractivity contribution in [1.82, 2.24) is 0 Å². The molecule has 0 radical (unpaired) electrons. The number of nitrogens with one attached hydrogen (secondary N) is 1. The summed E-state index contributed by atoms with van der Waals surface area (Å²) in [5.74, 6) is -0.592. The highest BCUT2D eigenvalue weighted by Gasteiger charge is 2.19. The second-order valence-corrected chi connectivity index (χ2v) is 4.46. The third kappa shape index (κ3) is 4.09. The van der Waals surface area contributed by atoms with Gasteiger partial charge in [-0.3, -0.25) is 4.79 Å². The molecular weight excluding hydrogens is 248 g/mol. The molecule has 98 valence electrons. The molecule has 1 unspecified atom stereocenters. The Morgan fingerprint density at radius 2 is 2.28 bits per heavy atom. The van der Waals surface area contributed by atoms with Gasteiger partial charge < -0.3 is 15.8 Å². The predicted molar refractivity (Wildman–Crippen MR) is 76.4 cm³/mol. The van der Waals surface area contributed by atoms with Crippen LogP contribution in [0.5, 0.6) is 0 Å². The SMILES string of the molecule is CCC(C(=O)Nc1cccc(COC)c1)C(N)=S. The molecule has 3 N–H and O–H groups in total. The molecule has 1 aromatic rings. The van der Waals surface area contributed by atoms with Crippen LogP contribution in [0.4, 0.5) is 5.69 Å². The van der Waals surface area contributed by atoms with Crippen LogP contribution >= 0.6 is 12.2 Å². The van der Waals surface area contributed by atoms with E-state index in [9.17, 15) is 4.79 Å². The Hall–Kier alpha value is -1.46. The zero-order valence-corrected chi connectivity index (χ0v) is 11.4. The van der Waals surface area contributed by atoms with Gasteiger partial charge in [0.1, 0.15) is 0 Å². The number of anilines is 1. The molecule has 0 saturated heterocycles. The molecule has 0 fully saturated rings. The highest BCUT2D eigenvalue weighted by molar-refractivity contribution is 7.80. The minimum absolute atomic E-state index is 0.167. The van der Waals surface area contributed by atoms with Crippen LogP contribution < -0.4 is 11.1 Å². The highest BCUT2D eigenvalue weighted by Crippen LogP contribution is 2.14. The van der Waals surface area contributed by atoms with Crippen molar-refractivity contribution in [2.45, 2.75) is 20.0 Å². The summed E-state index contributed by atoms with van der Waals surface area (Å²) in [6, 6.07) is 7.49. The largest absolute Gasteiger partial charge is 0.393 e. The number of methoxy groups -OCH3 is 1. The molecule has 1 atom stereocenters. The summed E-state index contributed by atoms with van der Waals surface area (Å²) >= 11 is 4.87. The summed E-state index contributed by atoms with van der Waals surface area (Å²) in [7, 11) is 1.63. The van der Waals surface area contributed by atoms with Crippen LogP contribution in [0, 0.1) is 5.92 Å². The second-order valence-electron chi connectivity index (χ2n) is 3.99. The van der Waals surface area contributed by atoms with Gasteiger partial charge in [0.15, 0.2) is 0 Å². The quantitative estimate of drug-likeness (QED) is 0.774. The number of thiocarbonyl (C=S) groups is 1. The number of hydrogen-bond acceptors (Lipinski definition) is 3. The maximum atomic E-state index is 11.9. The minimum atomic E-state index is -0.425. The number of nitrogens with two attached hydrogens (primary N) is 1. The summed E-state index contributed by atoms with van der Waals surface area (Å²) in [5, 5.41) is 2.81. The van der Waals surface area contributed by atoms with E-state index >= 15 is 0 Å². The van der Waals surface area contributed by atoms with Gasteiger partial charge in [0, 0.05) is 12.8 Å². The third-order valence-corrected chi connectivity index (χ3v) is 2.86. The van der Waals surface area contributed by atoms with Crippen molar-refractivity contribution in [3.63, 3.8) is 0 Å². The average molecular weight is 266 g/mol. The zero-order chi connectivity index (χ0) is 13.5. The van der Waals surface area contributed by atoms with Crippen molar-refractivity contribution in [1.29, 1.82) is 0 Å². The molecule has 1 aromatic carbocycles. The molecule has 5 heteroatoms. The summed E-state index contributed by atoms with van der Waals surface area (Å²) in [6.45, 7) is 2.39. The fourth-order valence-electron chi connectivity index (χ4n) is 1.65. The Morgan fingerprint density at radius 1 is 1.56 bits per heavy atom. The van der Waals surface area contributed by atoms with Gasteiger partial charge in [0.25, 0.3) is 0 Å². The maximum Gasteiger partial charge on any atom is 0.234 e.